The molecule has 1 nitrogen and oxygen atoms in total. The molecule has 0 spiro atoms. The number of nitrogens with zero attached hydrogens (tertiary/aromatic N) is 1. The monoisotopic (exact) mass is 480 g/mol. The maximum absolute atomic E-state index is 2.25. The molecule has 0 unspecified atom stereocenters. The van der Waals surface area contributed by atoms with Crippen LogP contribution in [-0.4, -0.2) is 4.57 Å². The first-order valence-corrected chi connectivity index (χ1v) is 10.6. The van der Waals surface area contributed by atoms with E-state index in [9.17, 15) is 0 Å². The number of hydrogen-bond donors (Lipinski definition) is 0. The van der Waals surface area contributed by atoms with Crippen LogP contribution in [0.2, 0.25) is 0 Å². The van der Waals surface area contributed by atoms with Crippen LogP contribution in [0.1, 0.15) is 22.4 Å². The summed E-state index contributed by atoms with van der Waals surface area (Å²) < 4.78 is 2.25. The molecule has 154 valence electrons. The minimum atomic E-state index is 0. The Bertz CT molecular complexity index is 1130. The molecule has 31 heavy (non-hydrogen) atoms. The smallest absolute Gasteiger partial charge is 0.0180 e. The van der Waals surface area contributed by atoms with Gasteiger partial charge in [0.2, 0.25) is 0 Å². The minimum Gasteiger partial charge on any atom is -0.339 e. The Morgan fingerprint density at radius 2 is 1.23 bits per heavy atom. The van der Waals surface area contributed by atoms with Crippen LogP contribution in [0.15, 0.2) is 109 Å². The van der Waals surface area contributed by atoms with E-state index in [1.807, 2.05) is 0 Å². The number of benzene rings is 3. The van der Waals surface area contributed by atoms with E-state index in [-0.39, 0.29) is 26.2 Å². The van der Waals surface area contributed by atoms with Crippen molar-refractivity contribution in [3.63, 3.8) is 0 Å². The number of fused-ring (bicyclic) bond motifs is 1. The molecule has 0 atom stereocenters. The van der Waals surface area contributed by atoms with Gasteiger partial charge in [0.05, 0.1) is 0 Å². The molecule has 0 aliphatic rings. The molecule has 0 aliphatic carbocycles. The first-order valence-electron chi connectivity index (χ1n) is 10.6. The van der Waals surface area contributed by atoms with Crippen LogP contribution in [0.4, 0.5) is 0 Å². The molecule has 0 saturated heterocycles. The Kier molecular flexibility index (Phi) is 8.32. The van der Waals surface area contributed by atoms with Crippen LogP contribution < -0.4 is 0 Å². The van der Waals surface area contributed by atoms with E-state index in [1.54, 1.807) is 0 Å². The molecule has 1 aromatic heterocycles. The van der Waals surface area contributed by atoms with Crippen molar-refractivity contribution < 1.29 is 26.2 Å². The second-order valence-corrected chi connectivity index (χ2v) is 7.84. The van der Waals surface area contributed by atoms with Gasteiger partial charge in [0.1, 0.15) is 0 Å². The van der Waals surface area contributed by atoms with E-state index in [1.165, 1.54) is 38.8 Å². The third-order valence-electron chi connectivity index (χ3n) is 5.42. The fourth-order valence-corrected chi connectivity index (χ4v) is 3.87. The van der Waals surface area contributed by atoms with Crippen molar-refractivity contribution in [1.29, 1.82) is 0 Å². The Hall–Kier alpha value is -2.57. The molecule has 5 rings (SSSR count). The summed E-state index contributed by atoms with van der Waals surface area (Å²) in [5, 5.41) is 2.62. The van der Waals surface area contributed by atoms with Crippen molar-refractivity contribution in [2.75, 3.05) is 0 Å². The second-order valence-electron chi connectivity index (χ2n) is 7.84. The molecule has 4 aromatic carbocycles. The molecule has 0 amide bonds. The molecule has 0 bridgehead atoms. The molecular formula is C29H28NZr-. The maximum Gasteiger partial charge on any atom is 0.0180 e. The molecule has 0 radical (unpaired) electrons. The van der Waals surface area contributed by atoms with Crippen LogP contribution in [0.5, 0.6) is 0 Å². The molecule has 1 heterocycles. The number of aromatic nitrogens is 1. The van der Waals surface area contributed by atoms with Crippen LogP contribution in [0, 0.1) is 13.8 Å². The standard InChI is InChI=1S/C15H14N.C14H14.Zr/c1-11-7-12(2)16(10-11)15-8-13-5-3-4-6-14(13)9-15;1-3-7-13(8-4-1)11-12-14-9-5-2-6-10-14;/h3-10H,1-2H3;1-10H,11-12H2;/q-1;;. The van der Waals surface area contributed by atoms with Crippen LogP contribution in [0.25, 0.3) is 16.5 Å². The van der Waals surface area contributed by atoms with Gasteiger partial charge < -0.3 is 4.57 Å². The third kappa shape index (κ3) is 6.22. The summed E-state index contributed by atoms with van der Waals surface area (Å²) in [6.07, 6.45) is 4.44. The van der Waals surface area contributed by atoms with E-state index < -0.39 is 0 Å². The predicted molar refractivity (Wildman–Crippen MR) is 129 cm³/mol. The average molecular weight is 482 g/mol. The summed E-state index contributed by atoms with van der Waals surface area (Å²) >= 11 is 0. The van der Waals surface area contributed by atoms with Gasteiger partial charge in [0.15, 0.2) is 0 Å². The van der Waals surface area contributed by atoms with Gasteiger partial charge in [0, 0.05) is 38.1 Å². The molecule has 2 heteroatoms. The van der Waals surface area contributed by atoms with Gasteiger partial charge in [-0.25, -0.2) is 0 Å². The zero-order valence-corrected chi connectivity index (χ0v) is 20.7. The average Bonchev–Trinajstić information content (AvgIpc) is 3.36. The normalized spacial score (nSPS) is 10.3. The largest absolute Gasteiger partial charge is 0.339 e. The van der Waals surface area contributed by atoms with E-state index in [2.05, 4.69) is 128 Å². The van der Waals surface area contributed by atoms with Gasteiger partial charge in [-0.2, -0.15) is 0 Å². The van der Waals surface area contributed by atoms with Crippen molar-refractivity contribution in [3.05, 3.63) is 132 Å². The van der Waals surface area contributed by atoms with Gasteiger partial charge in [-0.3, -0.25) is 0 Å². The molecule has 0 aliphatic heterocycles. The number of rotatable bonds is 4. The van der Waals surface area contributed by atoms with Gasteiger partial charge in [-0.05, 0) is 55.1 Å². The van der Waals surface area contributed by atoms with Crippen LogP contribution >= 0.6 is 0 Å². The van der Waals surface area contributed by atoms with Gasteiger partial charge in [-0.1, -0.05) is 66.7 Å². The SMILES string of the molecule is Cc1cc(C)n(-c2cc3ccccc3[cH-]2)c1.[Zr].c1ccc(CCc2ccccc2)cc1. The van der Waals surface area contributed by atoms with E-state index in [4.69, 9.17) is 0 Å². The maximum atomic E-state index is 2.25. The van der Waals surface area contributed by atoms with Crippen molar-refractivity contribution in [3.8, 4) is 5.69 Å². The van der Waals surface area contributed by atoms with E-state index in [0.717, 1.165) is 12.8 Å². The predicted octanol–water partition coefficient (Wildman–Crippen LogP) is 7.44. The summed E-state index contributed by atoms with van der Waals surface area (Å²) in [5.74, 6) is 0. The van der Waals surface area contributed by atoms with Gasteiger partial charge >= 0.3 is 0 Å². The van der Waals surface area contributed by atoms with Crippen LogP contribution in [-0.2, 0) is 39.0 Å². The minimum absolute atomic E-state index is 0. The first kappa shape index (κ1) is 23.1. The van der Waals surface area contributed by atoms with Crippen molar-refractivity contribution in [2.45, 2.75) is 26.7 Å². The molecule has 0 saturated carbocycles. The molecule has 0 N–H and O–H groups in total. The summed E-state index contributed by atoms with van der Waals surface area (Å²) in [6, 6.07) is 36.4. The fourth-order valence-electron chi connectivity index (χ4n) is 3.87. The van der Waals surface area contributed by atoms with E-state index in [0.29, 0.717) is 0 Å². The van der Waals surface area contributed by atoms with Crippen molar-refractivity contribution >= 4 is 10.8 Å². The Balaban J connectivity index is 0.000000172. The summed E-state index contributed by atoms with van der Waals surface area (Å²) in [5.41, 5.74) is 6.68. The van der Waals surface area contributed by atoms with Crippen molar-refractivity contribution in [2.24, 2.45) is 0 Å². The summed E-state index contributed by atoms with van der Waals surface area (Å²) in [7, 11) is 0. The number of aryl methyl sites for hydroxylation is 4. The summed E-state index contributed by atoms with van der Waals surface area (Å²) in [6.45, 7) is 4.27. The van der Waals surface area contributed by atoms with Gasteiger partial charge in [-0.15, -0.1) is 41.1 Å². The Labute approximate surface area is 204 Å². The topological polar surface area (TPSA) is 4.93 Å². The molecular weight excluding hydrogens is 454 g/mol. The zero-order valence-electron chi connectivity index (χ0n) is 18.3. The Morgan fingerprint density at radius 1 is 0.677 bits per heavy atom. The Morgan fingerprint density at radius 3 is 1.74 bits per heavy atom. The third-order valence-corrected chi connectivity index (χ3v) is 5.42. The number of hydrogen-bond acceptors (Lipinski definition) is 0. The fraction of sp³-hybridized carbons (Fsp3) is 0.138. The van der Waals surface area contributed by atoms with Crippen LogP contribution in [0.3, 0.4) is 0 Å². The second kappa shape index (κ2) is 11.2. The van der Waals surface area contributed by atoms with Crippen molar-refractivity contribution in [1.82, 2.24) is 4.57 Å². The molecule has 0 fully saturated rings. The van der Waals surface area contributed by atoms with E-state index >= 15 is 0 Å². The summed E-state index contributed by atoms with van der Waals surface area (Å²) in [4.78, 5) is 0. The van der Waals surface area contributed by atoms with Gasteiger partial charge in [0.25, 0.3) is 0 Å². The zero-order chi connectivity index (χ0) is 20.8. The molecule has 5 aromatic rings. The first-order chi connectivity index (χ1) is 14.7. The quantitative estimate of drug-likeness (QED) is 0.235.